The maximum absolute atomic E-state index is 13.1. The van der Waals surface area contributed by atoms with Gasteiger partial charge in [-0.3, -0.25) is 19.3 Å². The average molecular weight is 391 g/mol. The van der Waals surface area contributed by atoms with Gasteiger partial charge in [-0.2, -0.15) is 0 Å². The van der Waals surface area contributed by atoms with Gasteiger partial charge in [0.25, 0.3) is 17.7 Å². The number of nitrogens with zero attached hydrogens (tertiary/aromatic N) is 1. The third-order valence-corrected chi connectivity index (χ3v) is 4.46. The molecule has 1 aliphatic rings. The van der Waals surface area contributed by atoms with Gasteiger partial charge in [0, 0.05) is 25.8 Å². The van der Waals surface area contributed by atoms with Crippen LogP contribution in [0.3, 0.4) is 0 Å². The predicted molar refractivity (Wildman–Crippen MR) is 97.7 cm³/mol. The lowest BCUT2D eigenvalue weighted by Crippen LogP contribution is -2.31. The van der Waals surface area contributed by atoms with Crippen molar-refractivity contribution in [3.63, 3.8) is 0 Å². The Balaban J connectivity index is 1.80. The topological polar surface area (TPSA) is 75.7 Å². The van der Waals surface area contributed by atoms with Gasteiger partial charge in [0.15, 0.2) is 0 Å². The number of benzene rings is 2. The van der Waals surface area contributed by atoms with Crippen LogP contribution in [0.25, 0.3) is 0 Å². The summed E-state index contributed by atoms with van der Waals surface area (Å²) in [6.07, 6.45) is 0.526. The summed E-state index contributed by atoms with van der Waals surface area (Å²) in [7, 11) is 1.54. The standard InChI is InChI=1S/C19H16ClFN2O4/c1-27-8-2-7-23-18(25)13-5-3-11(9-14(13)19(23)26)17(24)22-16-6-4-12(21)10-15(16)20/h3-6,9-10H,2,7-8H2,1H3,(H,22,24). The number of methoxy groups -OCH3 is 1. The summed E-state index contributed by atoms with van der Waals surface area (Å²) in [6.45, 7) is 0.673. The van der Waals surface area contributed by atoms with E-state index in [9.17, 15) is 18.8 Å². The molecule has 2 aromatic rings. The van der Waals surface area contributed by atoms with E-state index in [4.69, 9.17) is 16.3 Å². The molecule has 0 fully saturated rings. The molecule has 0 saturated carbocycles. The molecule has 0 aromatic heterocycles. The fourth-order valence-corrected chi connectivity index (χ4v) is 3.00. The highest BCUT2D eigenvalue weighted by Gasteiger charge is 2.35. The quantitative estimate of drug-likeness (QED) is 0.606. The van der Waals surface area contributed by atoms with E-state index in [1.54, 1.807) is 7.11 Å². The Kier molecular flexibility index (Phi) is 5.53. The van der Waals surface area contributed by atoms with Crippen LogP contribution in [0.2, 0.25) is 5.02 Å². The molecule has 6 nitrogen and oxygen atoms in total. The van der Waals surface area contributed by atoms with Gasteiger partial charge in [-0.05, 0) is 42.8 Å². The summed E-state index contributed by atoms with van der Waals surface area (Å²) >= 11 is 5.91. The normalized spacial score (nSPS) is 13.1. The molecule has 1 N–H and O–H groups in total. The average Bonchev–Trinajstić information content (AvgIpc) is 2.88. The van der Waals surface area contributed by atoms with Gasteiger partial charge in [0.2, 0.25) is 0 Å². The second kappa shape index (κ2) is 7.85. The number of nitrogens with one attached hydrogen (secondary N) is 1. The van der Waals surface area contributed by atoms with Crippen LogP contribution in [-0.2, 0) is 4.74 Å². The summed E-state index contributed by atoms with van der Waals surface area (Å²) in [5.41, 5.74) is 0.866. The zero-order chi connectivity index (χ0) is 19.6. The maximum atomic E-state index is 13.1. The number of carbonyl (C=O) groups is 3. The van der Waals surface area contributed by atoms with E-state index < -0.39 is 17.6 Å². The number of ether oxygens (including phenoxy) is 1. The Hall–Kier alpha value is -2.77. The van der Waals surface area contributed by atoms with Crippen LogP contribution in [-0.4, -0.2) is 42.9 Å². The number of fused-ring (bicyclic) bond motifs is 1. The monoisotopic (exact) mass is 390 g/mol. The van der Waals surface area contributed by atoms with Crippen molar-refractivity contribution >= 4 is 35.0 Å². The van der Waals surface area contributed by atoms with Crippen molar-refractivity contribution in [1.82, 2.24) is 4.90 Å². The highest BCUT2D eigenvalue weighted by atomic mass is 35.5. The molecule has 3 amide bonds. The molecule has 2 aromatic carbocycles. The first-order valence-corrected chi connectivity index (χ1v) is 8.55. The zero-order valence-electron chi connectivity index (χ0n) is 14.4. The number of imide groups is 1. The second-order valence-electron chi connectivity index (χ2n) is 5.95. The zero-order valence-corrected chi connectivity index (χ0v) is 15.2. The first kappa shape index (κ1) is 19.0. The smallest absolute Gasteiger partial charge is 0.261 e. The highest BCUT2D eigenvalue weighted by Crippen LogP contribution is 2.26. The molecule has 1 aliphatic heterocycles. The molecule has 0 spiro atoms. The third-order valence-electron chi connectivity index (χ3n) is 4.14. The molecule has 140 valence electrons. The van der Waals surface area contributed by atoms with Crippen molar-refractivity contribution in [2.24, 2.45) is 0 Å². The molecule has 0 aliphatic carbocycles. The van der Waals surface area contributed by atoms with Crippen LogP contribution in [0.1, 0.15) is 37.5 Å². The van der Waals surface area contributed by atoms with Crippen LogP contribution in [0, 0.1) is 5.82 Å². The van der Waals surface area contributed by atoms with Gasteiger partial charge in [0.05, 0.1) is 21.8 Å². The lowest BCUT2D eigenvalue weighted by molar-refractivity contribution is 0.0638. The van der Waals surface area contributed by atoms with Crippen molar-refractivity contribution in [3.8, 4) is 0 Å². The fraction of sp³-hybridized carbons (Fsp3) is 0.211. The van der Waals surface area contributed by atoms with E-state index in [0.717, 1.165) is 11.0 Å². The minimum absolute atomic E-state index is 0.0556. The molecule has 0 radical (unpaired) electrons. The summed E-state index contributed by atoms with van der Waals surface area (Å²) < 4.78 is 18.0. The fourth-order valence-electron chi connectivity index (χ4n) is 2.79. The summed E-state index contributed by atoms with van der Waals surface area (Å²) in [6, 6.07) is 7.88. The maximum Gasteiger partial charge on any atom is 0.261 e. The summed E-state index contributed by atoms with van der Waals surface area (Å²) in [4.78, 5) is 38.4. The minimum Gasteiger partial charge on any atom is -0.385 e. The van der Waals surface area contributed by atoms with E-state index in [1.165, 1.54) is 30.3 Å². The van der Waals surface area contributed by atoms with Crippen LogP contribution in [0.15, 0.2) is 36.4 Å². The Labute approximate surface area is 159 Å². The molecule has 0 unspecified atom stereocenters. The lowest BCUT2D eigenvalue weighted by atomic mass is 10.1. The Bertz CT molecular complexity index is 932. The van der Waals surface area contributed by atoms with Gasteiger partial charge < -0.3 is 10.1 Å². The Morgan fingerprint density at radius 1 is 1.15 bits per heavy atom. The highest BCUT2D eigenvalue weighted by molar-refractivity contribution is 6.34. The molecule has 3 rings (SSSR count). The van der Waals surface area contributed by atoms with Gasteiger partial charge in [-0.25, -0.2) is 4.39 Å². The molecule has 8 heteroatoms. The third kappa shape index (κ3) is 3.84. The Morgan fingerprint density at radius 3 is 2.59 bits per heavy atom. The van der Waals surface area contributed by atoms with Gasteiger partial charge >= 0.3 is 0 Å². The SMILES string of the molecule is COCCCN1C(=O)c2ccc(C(=O)Nc3ccc(F)cc3Cl)cc2C1=O. The van der Waals surface area contributed by atoms with E-state index >= 15 is 0 Å². The summed E-state index contributed by atoms with van der Waals surface area (Å²) in [5.74, 6) is -1.88. The lowest BCUT2D eigenvalue weighted by Gasteiger charge is -2.12. The van der Waals surface area contributed by atoms with Gasteiger partial charge in [0.1, 0.15) is 5.82 Å². The van der Waals surface area contributed by atoms with Gasteiger partial charge in [-0.1, -0.05) is 11.6 Å². The molecular weight excluding hydrogens is 375 g/mol. The van der Waals surface area contributed by atoms with Crippen molar-refractivity contribution in [2.75, 3.05) is 25.6 Å². The van der Waals surface area contributed by atoms with E-state index in [1.807, 2.05) is 0 Å². The number of halogens is 2. The number of carbonyl (C=O) groups excluding carboxylic acids is 3. The summed E-state index contributed by atoms with van der Waals surface area (Å²) in [5, 5.41) is 2.62. The van der Waals surface area contributed by atoms with Crippen LogP contribution >= 0.6 is 11.6 Å². The molecule has 0 bridgehead atoms. The Morgan fingerprint density at radius 2 is 1.89 bits per heavy atom. The van der Waals surface area contributed by atoms with Crippen LogP contribution in [0.5, 0.6) is 0 Å². The van der Waals surface area contributed by atoms with Crippen LogP contribution in [0.4, 0.5) is 10.1 Å². The van der Waals surface area contributed by atoms with E-state index in [2.05, 4.69) is 5.32 Å². The second-order valence-corrected chi connectivity index (χ2v) is 6.35. The number of anilines is 1. The number of amides is 3. The molecule has 27 heavy (non-hydrogen) atoms. The first-order chi connectivity index (χ1) is 12.9. The minimum atomic E-state index is -0.524. The predicted octanol–water partition coefficient (Wildman–Crippen LogP) is 3.36. The molecule has 0 atom stereocenters. The number of hydrogen-bond donors (Lipinski definition) is 1. The van der Waals surface area contributed by atoms with Crippen molar-refractivity contribution in [2.45, 2.75) is 6.42 Å². The van der Waals surface area contributed by atoms with Crippen molar-refractivity contribution in [3.05, 3.63) is 63.9 Å². The first-order valence-electron chi connectivity index (χ1n) is 8.18. The number of hydrogen-bond acceptors (Lipinski definition) is 4. The van der Waals surface area contributed by atoms with Crippen molar-refractivity contribution in [1.29, 1.82) is 0 Å². The van der Waals surface area contributed by atoms with Gasteiger partial charge in [-0.15, -0.1) is 0 Å². The van der Waals surface area contributed by atoms with E-state index in [0.29, 0.717) is 13.0 Å². The number of rotatable bonds is 6. The van der Waals surface area contributed by atoms with E-state index in [-0.39, 0.29) is 39.9 Å². The van der Waals surface area contributed by atoms with Crippen LogP contribution < -0.4 is 5.32 Å². The molecule has 0 saturated heterocycles. The molecular formula is C19H16ClFN2O4. The van der Waals surface area contributed by atoms with Crippen molar-refractivity contribution < 1.29 is 23.5 Å². The molecule has 1 heterocycles. The largest absolute Gasteiger partial charge is 0.385 e.